The van der Waals surface area contributed by atoms with Crippen LogP contribution in [0.25, 0.3) is 0 Å². The molecule has 1 fully saturated rings. The Morgan fingerprint density at radius 3 is 2.47 bits per heavy atom. The van der Waals surface area contributed by atoms with Crippen molar-refractivity contribution < 1.29 is 19.0 Å². The summed E-state index contributed by atoms with van der Waals surface area (Å²) in [4.78, 5) is 0. The minimum Gasteiger partial charge on any atom is -0.490 e. The number of benzene rings is 1. The Balaban J connectivity index is 1.98. The van der Waals surface area contributed by atoms with Gasteiger partial charge in [0.2, 0.25) is 0 Å². The third-order valence-electron chi connectivity index (χ3n) is 3.78. The maximum absolute atomic E-state index is 13.8. The quantitative estimate of drug-likeness (QED) is 0.914. The Morgan fingerprint density at radius 1 is 1.26 bits per heavy atom. The second-order valence-corrected chi connectivity index (χ2v) is 5.57. The van der Waals surface area contributed by atoms with Gasteiger partial charge in [0.15, 0.2) is 11.5 Å². The molecular formula is C15H19FO3. The van der Waals surface area contributed by atoms with Gasteiger partial charge in [-0.1, -0.05) is 0 Å². The molecule has 1 atom stereocenters. The lowest BCUT2D eigenvalue weighted by atomic mass is 9.97. The van der Waals surface area contributed by atoms with Crippen molar-refractivity contribution in [3.63, 3.8) is 0 Å². The molecule has 2 aliphatic rings. The van der Waals surface area contributed by atoms with E-state index in [1.807, 2.05) is 6.07 Å². The zero-order valence-electron chi connectivity index (χ0n) is 11.1. The maximum atomic E-state index is 13.8. The van der Waals surface area contributed by atoms with Crippen LogP contribution in [0.1, 0.15) is 43.5 Å². The molecule has 1 aromatic carbocycles. The zero-order valence-corrected chi connectivity index (χ0v) is 11.1. The first-order chi connectivity index (χ1) is 9.07. The molecule has 1 aliphatic carbocycles. The van der Waals surface area contributed by atoms with Crippen molar-refractivity contribution in [1.82, 2.24) is 0 Å². The summed E-state index contributed by atoms with van der Waals surface area (Å²) in [7, 11) is 0. The minimum atomic E-state index is -1.07. The summed E-state index contributed by atoms with van der Waals surface area (Å²) >= 11 is 0. The molecule has 0 spiro atoms. The fraction of sp³-hybridized carbons (Fsp3) is 0.600. The molecule has 0 aromatic heterocycles. The first-order valence-corrected chi connectivity index (χ1v) is 6.86. The monoisotopic (exact) mass is 266 g/mol. The molecule has 1 unspecified atom stereocenters. The van der Waals surface area contributed by atoms with Crippen molar-refractivity contribution in [3.8, 4) is 11.5 Å². The average molecular weight is 266 g/mol. The molecular weight excluding hydrogens is 247 g/mol. The molecule has 1 aliphatic heterocycles. The highest BCUT2D eigenvalue weighted by Gasteiger charge is 2.41. The fourth-order valence-corrected chi connectivity index (χ4v) is 2.47. The van der Waals surface area contributed by atoms with E-state index in [1.54, 1.807) is 6.07 Å². The first-order valence-electron chi connectivity index (χ1n) is 6.86. The number of hydrogen-bond acceptors (Lipinski definition) is 3. The second kappa shape index (κ2) is 4.67. The van der Waals surface area contributed by atoms with E-state index in [1.165, 1.54) is 6.92 Å². The highest BCUT2D eigenvalue weighted by molar-refractivity contribution is 5.49. The zero-order chi connectivity index (χ0) is 13.5. The molecule has 3 rings (SSSR count). The molecule has 1 saturated carbocycles. The topological polar surface area (TPSA) is 38.7 Å². The summed E-state index contributed by atoms with van der Waals surface area (Å²) in [5.74, 6) is 1.28. The van der Waals surface area contributed by atoms with Gasteiger partial charge in [0.1, 0.15) is 6.17 Å². The van der Waals surface area contributed by atoms with Gasteiger partial charge in [-0.2, -0.15) is 0 Å². The van der Waals surface area contributed by atoms with Crippen molar-refractivity contribution in [2.75, 3.05) is 13.2 Å². The highest BCUT2D eigenvalue weighted by atomic mass is 19.1. The molecule has 0 saturated heterocycles. The lowest BCUT2D eigenvalue weighted by Crippen LogP contribution is -2.13. The standard InChI is InChI=1S/C15H19FO3/c1-10(16)12-8-14-13(18-5-2-6-19-14)7-11(12)9-15(17)3-4-15/h7-8,10,17H,2-6,9H2,1H3. The van der Waals surface area contributed by atoms with Crippen molar-refractivity contribution in [2.24, 2.45) is 0 Å². The lowest BCUT2D eigenvalue weighted by molar-refractivity contribution is 0.150. The van der Waals surface area contributed by atoms with Gasteiger partial charge < -0.3 is 14.6 Å². The summed E-state index contributed by atoms with van der Waals surface area (Å²) in [6, 6.07) is 3.56. The number of ether oxygens (including phenoxy) is 2. The van der Waals surface area contributed by atoms with Crippen LogP contribution in [-0.2, 0) is 6.42 Å². The molecule has 3 nitrogen and oxygen atoms in total. The molecule has 0 bridgehead atoms. The van der Waals surface area contributed by atoms with E-state index in [-0.39, 0.29) is 0 Å². The Hall–Kier alpha value is -1.29. The molecule has 104 valence electrons. The Morgan fingerprint density at radius 2 is 1.89 bits per heavy atom. The van der Waals surface area contributed by atoms with E-state index < -0.39 is 11.8 Å². The second-order valence-electron chi connectivity index (χ2n) is 5.57. The number of fused-ring (bicyclic) bond motifs is 1. The molecule has 1 aromatic rings. The number of aliphatic hydroxyl groups is 1. The fourth-order valence-electron chi connectivity index (χ4n) is 2.47. The van der Waals surface area contributed by atoms with E-state index in [4.69, 9.17) is 9.47 Å². The van der Waals surface area contributed by atoms with Crippen LogP contribution >= 0.6 is 0 Å². The first kappa shape index (κ1) is 12.7. The van der Waals surface area contributed by atoms with Crippen LogP contribution in [0.2, 0.25) is 0 Å². The average Bonchev–Trinajstić information content (AvgIpc) is 3.11. The van der Waals surface area contributed by atoms with Gasteiger partial charge in [-0.15, -0.1) is 0 Å². The Labute approximate surface area is 112 Å². The van der Waals surface area contributed by atoms with Gasteiger partial charge in [0.25, 0.3) is 0 Å². The van der Waals surface area contributed by atoms with Gasteiger partial charge >= 0.3 is 0 Å². The van der Waals surface area contributed by atoms with Crippen LogP contribution in [-0.4, -0.2) is 23.9 Å². The normalized spacial score (nSPS) is 21.6. The van der Waals surface area contributed by atoms with Crippen LogP contribution < -0.4 is 9.47 Å². The third kappa shape index (κ3) is 2.68. The van der Waals surface area contributed by atoms with E-state index in [9.17, 15) is 9.50 Å². The van der Waals surface area contributed by atoms with Crippen LogP contribution in [0.4, 0.5) is 4.39 Å². The largest absolute Gasteiger partial charge is 0.490 e. The molecule has 0 radical (unpaired) electrons. The van der Waals surface area contributed by atoms with Crippen molar-refractivity contribution in [1.29, 1.82) is 0 Å². The molecule has 0 amide bonds. The van der Waals surface area contributed by atoms with Crippen LogP contribution in [0.15, 0.2) is 12.1 Å². The molecule has 1 N–H and O–H groups in total. The van der Waals surface area contributed by atoms with E-state index in [0.717, 1.165) is 24.8 Å². The summed E-state index contributed by atoms with van der Waals surface area (Å²) in [5.41, 5.74) is 0.799. The van der Waals surface area contributed by atoms with Crippen LogP contribution in [0, 0.1) is 0 Å². The van der Waals surface area contributed by atoms with E-state index >= 15 is 0 Å². The predicted octanol–water partition coefficient (Wildman–Crippen LogP) is 2.95. The van der Waals surface area contributed by atoms with E-state index in [2.05, 4.69) is 0 Å². The smallest absolute Gasteiger partial charge is 0.161 e. The van der Waals surface area contributed by atoms with Gasteiger partial charge in [0, 0.05) is 12.8 Å². The van der Waals surface area contributed by atoms with Crippen molar-refractivity contribution >= 4 is 0 Å². The summed E-state index contributed by atoms with van der Waals surface area (Å²) in [6.07, 6.45) is 1.83. The van der Waals surface area contributed by atoms with Crippen molar-refractivity contribution in [3.05, 3.63) is 23.3 Å². The van der Waals surface area contributed by atoms with Crippen molar-refractivity contribution in [2.45, 2.75) is 44.4 Å². The van der Waals surface area contributed by atoms with E-state index in [0.29, 0.717) is 36.7 Å². The van der Waals surface area contributed by atoms with Gasteiger partial charge in [-0.25, -0.2) is 4.39 Å². The number of alkyl halides is 1. The third-order valence-corrected chi connectivity index (χ3v) is 3.78. The Bertz CT molecular complexity index is 481. The van der Waals surface area contributed by atoms with Gasteiger partial charge in [0.05, 0.1) is 18.8 Å². The predicted molar refractivity (Wildman–Crippen MR) is 69.5 cm³/mol. The minimum absolute atomic E-state index is 0.493. The summed E-state index contributed by atoms with van der Waals surface area (Å²) in [5, 5.41) is 10.1. The highest BCUT2D eigenvalue weighted by Crippen LogP contribution is 2.43. The summed E-state index contributed by atoms with van der Waals surface area (Å²) < 4.78 is 25.0. The Kier molecular flexibility index (Phi) is 3.13. The number of halogens is 1. The van der Waals surface area contributed by atoms with Gasteiger partial charge in [-0.05, 0) is 43.0 Å². The van der Waals surface area contributed by atoms with Crippen LogP contribution in [0.5, 0.6) is 11.5 Å². The lowest BCUT2D eigenvalue weighted by Gasteiger charge is -2.17. The SMILES string of the molecule is CC(F)c1cc2c(cc1CC1(O)CC1)OCCCO2. The molecule has 1 heterocycles. The van der Waals surface area contributed by atoms with Crippen LogP contribution in [0.3, 0.4) is 0 Å². The number of rotatable bonds is 3. The molecule has 4 heteroatoms. The molecule has 19 heavy (non-hydrogen) atoms. The van der Waals surface area contributed by atoms with Gasteiger partial charge in [-0.3, -0.25) is 0 Å². The summed E-state index contributed by atoms with van der Waals surface area (Å²) in [6.45, 7) is 2.72. The number of hydrogen-bond donors (Lipinski definition) is 1. The maximum Gasteiger partial charge on any atom is 0.161 e.